The minimum atomic E-state index is -1.23. The number of nitrogens with one attached hydrogen (secondary N) is 2. The molecule has 4 rings (SSSR count). The van der Waals surface area contributed by atoms with E-state index < -0.39 is 47.4 Å². The molecule has 0 fully saturated rings. The number of amides is 2. The molecule has 2 aliphatic rings. The van der Waals surface area contributed by atoms with Crippen molar-refractivity contribution in [3.63, 3.8) is 0 Å². The molecule has 0 aliphatic carbocycles. The quantitative estimate of drug-likeness (QED) is 0.551. The molecule has 166 valence electrons. The van der Waals surface area contributed by atoms with Gasteiger partial charge in [0.2, 0.25) is 11.8 Å². The van der Waals surface area contributed by atoms with Gasteiger partial charge >= 0.3 is 11.9 Å². The summed E-state index contributed by atoms with van der Waals surface area (Å²) in [7, 11) is 0. The maximum atomic E-state index is 13.1. The lowest BCUT2D eigenvalue weighted by Gasteiger charge is -2.41. The number of hydrogen-bond acceptors (Lipinski definition) is 6. The van der Waals surface area contributed by atoms with E-state index in [0.717, 1.165) is 0 Å². The Morgan fingerprint density at radius 1 is 0.719 bits per heavy atom. The van der Waals surface area contributed by atoms with Gasteiger partial charge in [0.25, 0.3) is 0 Å². The first-order valence-corrected chi connectivity index (χ1v) is 10.6. The third kappa shape index (κ3) is 3.62. The summed E-state index contributed by atoms with van der Waals surface area (Å²) in [6.45, 7) is 3.51. The highest BCUT2D eigenvalue weighted by molar-refractivity contribution is 6.11. The van der Waals surface area contributed by atoms with Crippen molar-refractivity contribution in [2.24, 2.45) is 11.8 Å². The summed E-state index contributed by atoms with van der Waals surface area (Å²) in [5.74, 6) is -6.53. The molecule has 0 radical (unpaired) electrons. The molecule has 8 nitrogen and oxygen atoms in total. The fourth-order valence-electron chi connectivity index (χ4n) is 4.68. The number of carbonyl (C=O) groups is 4. The number of rotatable bonds is 5. The second-order valence-corrected chi connectivity index (χ2v) is 7.66. The van der Waals surface area contributed by atoms with Crippen molar-refractivity contribution >= 4 is 35.1 Å². The monoisotopic (exact) mass is 436 g/mol. The highest BCUT2D eigenvalue weighted by atomic mass is 16.5. The van der Waals surface area contributed by atoms with Gasteiger partial charge < -0.3 is 20.1 Å². The Bertz CT molecular complexity index is 996. The molecule has 0 saturated heterocycles. The van der Waals surface area contributed by atoms with Gasteiger partial charge in [0.15, 0.2) is 0 Å². The van der Waals surface area contributed by atoms with Crippen LogP contribution in [0.25, 0.3) is 0 Å². The third-order valence-electron chi connectivity index (χ3n) is 5.91. The van der Waals surface area contributed by atoms with Crippen LogP contribution in [0.1, 0.15) is 36.8 Å². The molecule has 2 aromatic rings. The van der Waals surface area contributed by atoms with Gasteiger partial charge in [0.05, 0.1) is 13.2 Å². The summed E-state index contributed by atoms with van der Waals surface area (Å²) < 4.78 is 10.5. The van der Waals surface area contributed by atoms with Crippen LogP contribution in [-0.4, -0.2) is 37.0 Å². The topological polar surface area (TPSA) is 111 Å². The molecule has 2 aliphatic heterocycles. The lowest BCUT2D eigenvalue weighted by atomic mass is 9.65. The first kappa shape index (κ1) is 21.5. The Labute approximate surface area is 185 Å². The molecule has 0 bridgehead atoms. The summed E-state index contributed by atoms with van der Waals surface area (Å²) in [4.78, 5) is 52.1. The predicted molar refractivity (Wildman–Crippen MR) is 116 cm³/mol. The lowest BCUT2D eigenvalue weighted by Crippen LogP contribution is -2.48. The average Bonchev–Trinajstić information content (AvgIpc) is 2.77. The summed E-state index contributed by atoms with van der Waals surface area (Å²) >= 11 is 0. The van der Waals surface area contributed by atoms with E-state index in [1.807, 2.05) is 0 Å². The van der Waals surface area contributed by atoms with Crippen molar-refractivity contribution in [3.05, 3.63) is 59.7 Å². The molecular formula is C24H24N2O6. The van der Waals surface area contributed by atoms with Gasteiger partial charge in [-0.1, -0.05) is 36.4 Å². The maximum absolute atomic E-state index is 13.1. The number of benzene rings is 2. The highest BCUT2D eigenvalue weighted by Gasteiger charge is 2.53. The van der Waals surface area contributed by atoms with E-state index in [-0.39, 0.29) is 13.2 Å². The Balaban J connectivity index is 1.95. The second kappa shape index (κ2) is 8.82. The van der Waals surface area contributed by atoms with Crippen LogP contribution in [0.5, 0.6) is 0 Å². The third-order valence-corrected chi connectivity index (χ3v) is 5.91. The van der Waals surface area contributed by atoms with E-state index in [4.69, 9.17) is 9.47 Å². The predicted octanol–water partition coefficient (Wildman–Crippen LogP) is 2.82. The number of hydrogen-bond donors (Lipinski definition) is 2. The van der Waals surface area contributed by atoms with Crippen LogP contribution in [0.15, 0.2) is 48.5 Å². The van der Waals surface area contributed by atoms with Gasteiger partial charge in [0.1, 0.15) is 11.8 Å². The van der Waals surface area contributed by atoms with Crippen molar-refractivity contribution in [2.75, 3.05) is 23.8 Å². The largest absolute Gasteiger partial charge is 0.465 e. The van der Waals surface area contributed by atoms with Crippen LogP contribution >= 0.6 is 0 Å². The highest BCUT2D eigenvalue weighted by Crippen LogP contribution is 2.52. The van der Waals surface area contributed by atoms with Crippen LogP contribution in [0.2, 0.25) is 0 Å². The molecule has 32 heavy (non-hydrogen) atoms. The number of carbonyl (C=O) groups excluding carboxylic acids is 4. The minimum Gasteiger partial charge on any atom is -0.465 e. The van der Waals surface area contributed by atoms with Crippen molar-refractivity contribution in [2.45, 2.75) is 25.7 Å². The first-order chi connectivity index (χ1) is 15.5. The molecule has 0 aromatic heterocycles. The summed E-state index contributed by atoms with van der Waals surface area (Å²) in [6, 6.07) is 14.2. The van der Waals surface area contributed by atoms with E-state index in [1.54, 1.807) is 62.4 Å². The zero-order valence-corrected chi connectivity index (χ0v) is 17.8. The minimum absolute atomic E-state index is 0.0972. The van der Waals surface area contributed by atoms with Crippen LogP contribution in [-0.2, 0) is 28.7 Å². The molecular weight excluding hydrogens is 412 g/mol. The molecule has 2 amide bonds. The SMILES string of the molecule is CCOC(=O)C1C(=O)Nc2ccccc2C1C1c2ccccc2NC(=O)C1C(=O)OCC. The van der Waals surface area contributed by atoms with Gasteiger partial charge in [-0.3, -0.25) is 19.2 Å². The molecule has 8 heteroatoms. The van der Waals surface area contributed by atoms with Crippen LogP contribution in [0, 0.1) is 11.8 Å². The fourth-order valence-corrected chi connectivity index (χ4v) is 4.68. The van der Waals surface area contributed by atoms with Gasteiger partial charge in [-0.05, 0) is 37.1 Å². The molecule has 2 heterocycles. The molecule has 2 N–H and O–H groups in total. The summed E-state index contributed by atoms with van der Waals surface area (Å²) in [6.07, 6.45) is 0. The Morgan fingerprint density at radius 2 is 1.09 bits per heavy atom. The van der Waals surface area contributed by atoms with E-state index in [9.17, 15) is 19.2 Å². The van der Waals surface area contributed by atoms with Gasteiger partial charge in [-0.25, -0.2) is 0 Å². The smallest absolute Gasteiger partial charge is 0.319 e. The first-order valence-electron chi connectivity index (χ1n) is 10.6. The normalized spacial score (nSPS) is 23.8. The number of para-hydroxylation sites is 2. The van der Waals surface area contributed by atoms with E-state index in [2.05, 4.69) is 10.6 Å². The second-order valence-electron chi connectivity index (χ2n) is 7.66. The summed E-state index contributed by atoms with van der Waals surface area (Å²) in [5.41, 5.74) is 2.39. The summed E-state index contributed by atoms with van der Waals surface area (Å²) in [5, 5.41) is 5.53. The van der Waals surface area contributed by atoms with Gasteiger partial charge in [-0.2, -0.15) is 0 Å². The van der Waals surface area contributed by atoms with Gasteiger partial charge in [-0.15, -0.1) is 0 Å². The van der Waals surface area contributed by atoms with E-state index in [1.165, 1.54) is 0 Å². The standard InChI is InChI=1S/C24H24N2O6/c1-3-31-23(29)19-17(13-9-5-7-11-15(13)25-21(19)27)18-14-10-6-8-12-16(14)26-22(28)20(18)24(30)32-4-2/h5-12,17-20H,3-4H2,1-2H3,(H,25,27)(H,26,28). The molecule has 2 aromatic carbocycles. The number of anilines is 2. The molecule has 4 atom stereocenters. The van der Waals surface area contributed by atoms with Crippen molar-refractivity contribution in [1.29, 1.82) is 0 Å². The van der Waals surface area contributed by atoms with Crippen molar-refractivity contribution < 1.29 is 28.7 Å². The van der Waals surface area contributed by atoms with Gasteiger partial charge in [0, 0.05) is 23.2 Å². The van der Waals surface area contributed by atoms with Crippen LogP contribution in [0.3, 0.4) is 0 Å². The van der Waals surface area contributed by atoms with Crippen LogP contribution in [0.4, 0.5) is 11.4 Å². The Morgan fingerprint density at radius 3 is 1.47 bits per heavy atom. The molecule has 0 saturated carbocycles. The average molecular weight is 436 g/mol. The van der Waals surface area contributed by atoms with Crippen LogP contribution < -0.4 is 10.6 Å². The number of fused-ring (bicyclic) bond motifs is 2. The molecule has 4 unspecified atom stereocenters. The fraction of sp³-hybridized carbons (Fsp3) is 0.333. The van der Waals surface area contributed by atoms with E-state index >= 15 is 0 Å². The zero-order chi connectivity index (χ0) is 22.8. The van der Waals surface area contributed by atoms with Crippen molar-refractivity contribution in [1.82, 2.24) is 0 Å². The van der Waals surface area contributed by atoms with E-state index in [0.29, 0.717) is 22.5 Å². The zero-order valence-electron chi connectivity index (χ0n) is 17.8. The Hall–Kier alpha value is -3.68. The number of esters is 2. The Kier molecular flexibility index (Phi) is 5.94. The molecule has 0 spiro atoms. The maximum Gasteiger partial charge on any atom is 0.319 e. The lowest BCUT2D eigenvalue weighted by molar-refractivity contribution is -0.157. The van der Waals surface area contributed by atoms with Crippen molar-refractivity contribution in [3.8, 4) is 0 Å². The number of ether oxygens (including phenoxy) is 2.